The number of aromatic amines is 1. The van der Waals surface area contributed by atoms with Crippen molar-refractivity contribution in [1.82, 2.24) is 10.2 Å². The molecule has 126 valence electrons. The Bertz CT molecular complexity index is 761. The van der Waals surface area contributed by atoms with Gasteiger partial charge in [0.15, 0.2) is 17.7 Å². The van der Waals surface area contributed by atoms with Crippen LogP contribution < -0.4 is 11.1 Å². The Balaban J connectivity index is 2.21. The van der Waals surface area contributed by atoms with Crippen LogP contribution in [0.15, 0.2) is 30.5 Å². The van der Waals surface area contributed by atoms with E-state index in [4.69, 9.17) is 5.73 Å². The fourth-order valence-corrected chi connectivity index (χ4v) is 2.05. The van der Waals surface area contributed by atoms with Gasteiger partial charge >= 0.3 is 6.09 Å². The molecule has 0 saturated carbocycles. The highest BCUT2D eigenvalue weighted by Gasteiger charge is 2.22. The number of hydrogen-bond donors (Lipinski definition) is 3. The monoisotopic (exact) mass is 334 g/mol. The van der Waals surface area contributed by atoms with Gasteiger partial charge in [0.2, 0.25) is 0 Å². The second kappa shape index (κ2) is 7.36. The lowest BCUT2D eigenvalue weighted by atomic mass is 9.99. The van der Waals surface area contributed by atoms with E-state index < -0.39 is 29.7 Å². The maximum atomic E-state index is 14.1. The minimum absolute atomic E-state index is 0.160. The number of amides is 2. The molecule has 0 radical (unpaired) electrons. The lowest BCUT2D eigenvalue weighted by Crippen LogP contribution is -2.29. The summed E-state index contributed by atoms with van der Waals surface area (Å²) in [6.07, 6.45) is -1.00. The zero-order chi connectivity index (χ0) is 17.7. The van der Waals surface area contributed by atoms with Gasteiger partial charge in [0.25, 0.3) is 5.91 Å². The molecule has 0 spiro atoms. The molecule has 8 nitrogen and oxygen atoms in total. The second-order valence-electron chi connectivity index (χ2n) is 4.91. The van der Waals surface area contributed by atoms with Crippen molar-refractivity contribution in [1.29, 1.82) is 0 Å². The molecule has 1 heterocycles. The summed E-state index contributed by atoms with van der Waals surface area (Å²) in [4.78, 5) is 35.0. The molecule has 0 bridgehead atoms. The molecule has 0 fully saturated rings. The fourth-order valence-electron chi connectivity index (χ4n) is 2.05. The number of nitrogens with one attached hydrogen (secondary N) is 2. The average molecular weight is 334 g/mol. The van der Waals surface area contributed by atoms with Gasteiger partial charge in [-0.1, -0.05) is 12.1 Å². The third-order valence-corrected chi connectivity index (χ3v) is 3.18. The van der Waals surface area contributed by atoms with Crippen LogP contribution in [-0.2, 0) is 16.0 Å². The Kier molecular flexibility index (Phi) is 5.25. The number of anilines is 1. The molecule has 24 heavy (non-hydrogen) atoms. The predicted molar refractivity (Wildman–Crippen MR) is 81.8 cm³/mol. The van der Waals surface area contributed by atoms with Crippen LogP contribution in [-0.4, -0.2) is 34.1 Å². The number of aromatic nitrogens is 2. The van der Waals surface area contributed by atoms with Crippen molar-refractivity contribution < 1.29 is 23.5 Å². The second-order valence-corrected chi connectivity index (χ2v) is 4.91. The van der Waals surface area contributed by atoms with Gasteiger partial charge in [-0.2, -0.15) is 5.10 Å². The Hall–Kier alpha value is -3.23. The summed E-state index contributed by atoms with van der Waals surface area (Å²) in [6, 6.07) is 5.42. The summed E-state index contributed by atoms with van der Waals surface area (Å²) < 4.78 is 18.7. The molecule has 0 aliphatic heterocycles. The molecule has 1 aromatic carbocycles. The highest BCUT2D eigenvalue weighted by atomic mass is 19.1. The number of nitrogens with two attached hydrogens (primary N) is 1. The van der Waals surface area contributed by atoms with E-state index in [1.54, 1.807) is 0 Å². The smallest absolute Gasteiger partial charge is 0.405 e. The van der Waals surface area contributed by atoms with Crippen molar-refractivity contribution in [3.63, 3.8) is 0 Å². The van der Waals surface area contributed by atoms with Crippen LogP contribution in [0.25, 0.3) is 0 Å². The number of ether oxygens (including phenoxy) is 1. The van der Waals surface area contributed by atoms with Crippen molar-refractivity contribution in [2.45, 2.75) is 19.4 Å². The van der Waals surface area contributed by atoms with Crippen LogP contribution >= 0.6 is 0 Å². The van der Waals surface area contributed by atoms with Crippen molar-refractivity contribution >= 4 is 23.6 Å². The number of benzene rings is 1. The molecule has 0 aliphatic carbocycles. The Labute approximate surface area is 136 Å². The molecule has 4 N–H and O–H groups in total. The van der Waals surface area contributed by atoms with E-state index in [2.05, 4.69) is 20.3 Å². The number of hydrogen-bond acceptors (Lipinski definition) is 5. The minimum Gasteiger partial charge on any atom is -0.439 e. The molecule has 0 saturated heterocycles. The summed E-state index contributed by atoms with van der Waals surface area (Å²) in [6.45, 7) is 1.34. The van der Waals surface area contributed by atoms with Crippen LogP contribution in [0, 0.1) is 5.82 Å². The molecule has 1 aromatic heterocycles. The number of nitrogens with zero attached hydrogens (tertiary/aromatic N) is 1. The van der Waals surface area contributed by atoms with Gasteiger partial charge in [0.05, 0.1) is 5.56 Å². The third kappa shape index (κ3) is 4.15. The van der Waals surface area contributed by atoms with Gasteiger partial charge in [0.1, 0.15) is 5.82 Å². The largest absolute Gasteiger partial charge is 0.439 e. The van der Waals surface area contributed by atoms with E-state index >= 15 is 0 Å². The molecule has 2 rings (SSSR count). The highest BCUT2D eigenvalue weighted by molar-refractivity contribution is 6.05. The number of rotatable bonds is 6. The first-order chi connectivity index (χ1) is 11.4. The van der Waals surface area contributed by atoms with Crippen molar-refractivity contribution in [3.8, 4) is 0 Å². The maximum absolute atomic E-state index is 14.1. The first-order valence-corrected chi connectivity index (χ1v) is 6.95. The zero-order valence-electron chi connectivity index (χ0n) is 12.7. The molecule has 2 aromatic rings. The number of halogens is 1. The Morgan fingerprint density at radius 1 is 1.38 bits per heavy atom. The van der Waals surface area contributed by atoms with Crippen LogP contribution in [0.1, 0.15) is 22.8 Å². The van der Waals surface area contributed by atoms with E-state index in [0.717, 1.165) is 6.07 Å². The van der Waals surface area contributed by atoms with Gasteiger partial charge in [-0.05, 0) is 18.6 Å². The average Bonchev–Trinajstić information content (AvgIpc) is 2.99. The van der Waals surface area contributed by atoms with E-state index in [0.29, 0.717) is 0 Å². The SMILES string of the molecule is C[C@H](OC(N)=O)C(=O)Cc1cccc(F)c1C(=O)Nc1cc[nH]n1. The maximum Gasteiger partial charge on any atom is 0.405 e. The van der Waals surface area contributed by atoms with Crippen LogP contribution in [0.3, 0.4) is 0 Å². The molecule has 0 unspecified atom stereocenters. The topological polar surface area (TPSA) is 127 Å². The van der Waals surface area contributed by atoms with E-state index in [1.165, 1.54) is 31.3 Å². The molecule has 2 amide bonds. The summed E-state index contributed by atoms with van der Waals surface area (Å²) in [5, 5.41) is 8.67. The number of carbonyl (C=O) groups is 3. The third-order valence-electron chi connectivity index (χ3n) is 3.18. The quantitative estimate of drug-likeness (QED) is 0.736. The number of H-pyrrole nitrogens is 1. The molecule has 9 heteroatoms. The van der Waals surface area contributed by atoms with Crippen molar-refractivity contribution in [2.24, 2.45) is 5.73 Å². The number of carbonyl (C=O) groups excluding carboxylic acids is 3. The standard InChI is InChI=1S/C15H15FN4O4/c1-8(24-15(17)23)11(21)7-9-3-2-4-10(16)13(9)14(22)19-12-5-6-18-20-12/h2-6,8H,7H2,1H3,(H2,17,23)(H2,18,19,20,22)/t8-/m0/s1. The van der Waals surface area contributed by atoms with Crippen LogP contribution in [0.5, 0.6) is 0 Å². The van der Waals surface area contributed by atoms with E-state index in [9.17, 15) is 18.8 Å². The molecular formula is C15H15FN4O4. The van der Waals surface area contributed by atoms with E-state index in [1.807, 2.05) is 0 Å². The summed E-state index contributed by atoms with van der Waals surface area (Å²) in [5.74, 6) is -1.83. The van der Waals surface area contributed by atoms with Gasteiger partial charge < -0.3 is 15.8 Å². The van der Waals surface area contributed by atoms with Gasteiger partial charge in [-0.25, -0.2) is 9.18 Å². The van der Waals surface area contributed by atoms with E-state index in [-0.39, 0.29) is 23.4 Å². The van der Waals surface area contributed by atoms with Crippen molar-refractivity contribution in [3.05, 3.63) is 47.4 Å². The van der Waals surface area contributed by atoms with Gasteiger partial charge in [-0.15, -0.1) is 0 Å². The van der Waals surface area contributed by atoms with Crippen LogP contribution in [0.4, 0.5) is 15.0 Å². The number of primary amides is 1. The number of ketones is 1. The zero-order valence-corrected chi connectivity index (χ0v) is 12.7. The Morgan fingerprint density at radius 2 is 2.12 bits per heavy atom. The van der Waals surface area contributed by atoms with Crippen LogP contribution in [0.2, 0.25) is 0 Å². The normalized spacial score (nSPS) is 11.6. The van der Waals surface area contributed by atoms with Crippen molar-refractivity contribution in [2.75, 3.05) is 5.32 Å². The Morgan fingerprint density at radius 3 is 2.75 bits per heavy atom. The first kappa shape index (κ1) is 17.1. The minimum atomic E-state index is -1.10. The molecule has 1 atom stereocenters. The van der Waals surface area contributed by atoms with Gasteiger partial charge in [0, 0.05) is 18.7 Å². The molecular weight excluding hydrogens is 319 g/mol. The molecule has 0 aliphatic rings. The summed E-state index contributed by atoms with van der Waals surface area (Å²) in [7, 11) is 0. The lowest BCUT2D eigenvalue weighted by molar-refractivity contribution is -0.125. The summed E-state index contributed by atoms with van der Waals surface area (Å²) >= 11 is 0. The number of Topliss-reactive ketones (excluding diaryl/α,β-unsaturated/α-hetero) is 1. The first-order valence-electron chi connectivity index (χ1n) is 6.95. The highest BCUT2D eigenvalue weighted by Crippen LogP contribution is 2.17. The summed E-state index contributed by atoms with van der Waals surface area (Å²) in [5.41, 5.74) is 4.74. The fraction of sp³-hybridized carbons (Fsp3) is 0.200. The van der Waals surface area contributed by atoms with Gasteiger partial charge in [-0.3, -0.25) is 14.7 Å². The predicted octanol–water partition coefficient (Wildman–Crippen LogP) is 1.40. The lowest BCUT2D eigenvalue weighted by Gasteiger charge is -2.13.